The first kappa shape index (κ1) is 12.7. The summed E-state index contributed by atoms with van der Waals surface area (Å²) in [5.74, 6) is 1.45. The van der Waals surface area contributed by atoms with Crippen molar-refractivity contribution in [3.05, 3.63) is 16.6 Å². The third-order valence-corrected chi connectivity index (χ3v) is 2.75. The van der Waals surface area contributed by atoms with Crippen molar-refractivity contribution in [2.75, 3.05) is 13.1 Å². The van der Waals surface area contributed by atoms with Gasteiger partial charge in [-0.05, 0) is 11.8 Å². The lowest BCUT2D eigenvalue weighted by Gasteiger charge is -2.25. The van der Waals surface area contributed by atoms with Crippen molar-refractivity contribution in [1.82, 2.24) is 9.88 Å². The fourth-order valence-corrected chi connectivity index (χ4v) is 2.33. The molecule has 1 aromatic heterocycles. The summed E-state index contributed by atoms with van der Waals surface area (Å²) in [6.07, 6.45) is 0. The molecule has 0 aliphatic rings. The topological polar surface area (TPSA) is 16.1 Å². The van der Waals surface area contributed by atoms with Gasteiger partial charge in [-0.2, -0.15) is 0 Å². The zero-order valence-corrected chi connectivity index (χ0v) is 11.0. The molecule has 0 atom stereocenters. The van der Waals surface area contributed by atoms with Crippen molar-refractivity contribution in [2.45, 2.75) is 34.2 Å². The second kappa shape index (κ2) is 6.23. The summed E-state index contributed by atoms with van der Waals surface area (Å²) in [5.41, 5.74) is 3.12. The minimum absolute atomic E-state index is 0.724. The molecule has 1 rings (SSSR count). The van der Waals surface area contributed by atoms with Gasteiger partial charge in [0.25, 0.3) is 0 Å². The number of hydrogen-bond acceptors (Lipinski definition) is 3. The number of aromatic nitrogens is 1. The second-order valence-electron chi connectivity index (χ2n) is 4.96. The third kappa shape index (κ3) is 5.28. The highest BCUT2D eigenvalue weighted by Crippen LogP contribution is 2.10. The first-order valence-corrected chi connectivity index (χ1v) is 6.61. The van der Waals surface area contributed by atoms with E-state index < -0.39 is 0 Å². The van der Waals surface area contributed by atoms with Gasteiger partial charge in [-0.1, -0.05) is 27.7 Å². The Morgan fingerprint density at radius 3 is 2.20 bits per heavy atom. The summed E-state index contributed by atoms with van der Waals surface area (Å²) >= 11 is 1.68. The normalized spacial score (nSPS) is 11.9. The largest absolute Gasteiger partial charge is 0.297 e. The van der Waals surface area contributed by atoms with Gasteiger partial charge < -0.3 is 0 Å². The molecule has 2 nitrogen and oxygen atoms in total. The average molecular weight is 226 g/mol. The van der Waals surface area contributed by atoms with Crippen LogP contribution in [0.4, 0.5) is 0 Å². The van der Waals surface area contributed by atoms with E-state index in [2.05, 4.69) is 43.0 Å². The zero-order valence-electron chi connectivity index (χ0n) is 10.2. The predicted octanol–water partition coefficient (Wildman–Crippen LogP) is 3.26. The molecule has 0 aromatic carbocycles. The maximum absolute atomic E-state index is 4.35. The summed E-state index contributed by atoms with van der Waals surface area (Å²) in [5, 5.41) is 2.15. The SMILES string of the molecule is CC(C)CN(Cc1cscn1)CC(C)C. The Bertz CT molecular complexity index is 245. The van der Waals surface area contributed by atoms with Crippen molar-refractivity contribution in [1.29, 1.82) is 0 Å². The molecule has 0 aliphatic heterocycles. The van der Waals surface area contributed by atoms with Gasteiger partial charge in [0.15, 0.2) is 0 Å². The fraction of sp³-hybridized carbons (Fsp3) is 0.750. The maximum Gasteiger partial charge on any atom is 0.0795 e. The molecule has 1 heterocycles. The molecular formula is C12H22N2S. The molecule has 0 saturated carbocycles. The van der Waals surface area contributed by atoms with E-state index >= 15 is 0 Å². The van der Waals surface area contributed by atoms with E-state index in [1.165, 1.54) is 5.69 Å². The van der Waals surface area contributed by atoms with Crippen LogP contribution in [0.15, 0.2) is 10.9 Å². The quantitative estimate of drug-likeness (QED) is 0.740. The van der Waals surface area contributed by atoms with Gasteiger partial charge in [-0.15, -0.1) is 11.3 Å². The Morgan fingerprint density at radius 1 is 1.20 bits per heavy atom. The molecule has 0 fully saturated rings. The minimum atomic E-state index is 0.724. The Morgan fingerprint density at radius 2 is 1.80 bits per heavy atom. The molecule has 0 aliphatic carbocycles. The molecule has 0 bridgehead atoms. The number of hydrogen-bond donors (Lipinski definition) is 0. The lowest BCUT2D eigenvalue weighted by molar-refractivity contribution is 0.209. The lowest BCUT2D eigenvalue weighted by atomic mass is 10.1. The second-order valence-corrected chi connectivity index (χ2v) is 5.68. The van der Waals surface area contributed by atoms with E-state index in [1.807, 2.05) is 5.51 Å². The molecule has 15 heavy (non-hydrogen) atoms. The van der Waals surface area contributed by atoms with Crippen molar-refractivity contribution in [3.63, 3.8) is 0 Å². The van der Waals surface area contributed by atoms with Crippen LogP contribution in [0.2, 0.25) is 0 Å². The molecule has 0 unspecified atom stereocenters. The van der Waals surface area contributed by atoms with Crippen LogP contribution in [0.5, 0.6) is 0 Å². The average Bonchev–Trinajstić information content (AvgIpc) is 2.53. The Hall–Kier alpha value is -0.410. The van der Waals surface area contributed by atoms with Crippen LogP contribution >= 0.6 is 11.3 Å². The van der Waals surface area contributed by atoms with E-state index in [9.17, 15) is 0 Å². The minimum Gasteiger partial charge on any atom is -0.297 e. The highest BCUT2D eigenvalue weighted by Gasteiger charge is 2.10. The van der Waals surface area contributed by atoms with Crippen LogP contribution in [0, 0.1) is 11.8 Å². The van der Waals surface area contributed by atoms with Crippen molar-refractivity contribution in [3.8, 4) is 0 Å². The monoisotopic (exact) mass is 226 g/mol. The van der Waals surface area contributed by atoms with Gasteiger partial charge >= 0.3 is 0 Å². The van der Waals surface area contributed by atoms with Crippen molar-refractivity contribution >= 4 is 11.3 Å². The molecular weight excluding hydrogens is 204 g/mol. The smallest absolute Gasteiger partial charge is 0.0795 e. The van der Waals surface area contributed by atoms with Gasteiger partial charge in [0.2, 0.25) is 0 Å². The lowest BCUT2D eigenvalue weighted by Crippen LogP contribution is -2.31. The van der Waals surface area contributed by atoms with Crippen molar-refractivity contribution in [2.24, 2.45) is 11.8 Å². The zero-order chi connectivity index (χ0) is 11.3. The van der Waals surface area contributed by atoms with Gasteiger partial charge in [0, 0.05) is 25.0 Å². The number of rotatable bonds is 6. The van der Waals surface area contributed by atoms with Crippen LogP contribution in [0.25, 0.3) is 0 Å². The van der Waals surface area contributed by atoms with Crippen LogP contribution in [0.3, 0.4) is 0 Å². The maximum atomic E-state index is 4.35. The summed E-state index contributed by atoms with van der Waals surface area (Å²) in [7, 11) is 0. The molecule has 0 amide bonds. The Balaban J connectivity index is 2.48. The molecule has 1 aromatic rings. The summed E-state index contributed by atoms with van der Waals surface area (Å²) in [6, 6.07) is 0. The molecule has 0 N–H and O–H groups in total. The molecule has 0 spiro atoms. The first-order chi connectivity index (χ1) is 7.08. The standard InChI is InChI=1S/C12H22N2S/c1-10(2)5-14(6-11(3)4)7-12-8-15-9-13-12/h8-11H,5-7H2,1-4H3. The number of nitrogens with zero attached hydrogens (tertiary/aromatic N) is 2. The van der Waals surface area contributed by atoms with Gasteiger partial charge in [0.05, 0.1) is 11.2 Å². The van der Waals surface area contributed by atoms with Crippen LogP contribution in [-0.4, -0.2) is 23.0 Å². The predicted molar refractivity (Wildman–Crippen MR) is 67.1 cm³/mol. The van der Waals surface area contributed by atoms with E-state index in [1.54, 1.807) is 11.3 Å². The Kier molecular flexibility index (Phi) is 5.26. The van der Waals surface area contributed by atoms with E-state index in [4.69, 9.17) is 0 Å². The van der Waals surface area contributed by atoms with Crippen LogP contribution in [-0.2, 0) is 6.54 Å². The fourth-order valence-electron chi connectivity index (χ4n) is 1.78. The first-order valence-electron chi connectivity index (χ1n) is 5.67. The van der Waals surface area contributed by atoms with Gasteiger partial charge in [-0.3, -0.25) is 4.90 Å². The Labute approximate surface area is 97.3 Å². The van der Waals surface area contributed by atoms with Crippen LogP contribution < -0.4 is 0 Å². The van der Waals surface area contributed by atoms with Gasteiger partial charge in [-0.25, -0.2) is 4.98 Å². The summed E-state index contributed by atoms with van der Waals surface area (Å²) in [6.45, 7) is 12.4. The molecule has 3 heteroatoms. The van der Waals surface area contributed by atoms with E-state index in [0.29, 0.717) is 0 Å². The summed E-state index contributed by atoms with van der Waals surface area (Å²) in [4.78, 5) is 6.85. The van der Waals surface area contributed by atoms with Crippen molar-refractivity contribution < 1.29 is 0 Å². The molecule has 0 radical (unpaired) electrons. The highest BCUT2D eigenvalue weighted by molar-refractivity contribution is 7.07. The van der Waals surface area contributed by atoms with Crippen LogP contribution in [0.1, 0.15) is 33.4 Å². The van der Waals surface area contributed by atoms with Gasteiger partial charge in [0.1, 0.15) is 0 Å². The third-order valence-electron chi connectivity index (χ3n) is 2.12. The van der Waals surface area contributed by atoms with E-state index in [-0.39, 0.29) is 0 Å². The van der Waals surface area contributed by atoms with E-state index in [0.717, 1.165) is 31.5 Å². The molecule has 86 valence electrons. The highest BCUT2D eigenvalue weighted by atomic mass is 32.1. The summed E-state index contributed by atoms with van der Waals surface area (Å²) < 4.78 is 0. The number of thiazole rings is 1. The molecule has 0 saturated heterocycles.